The van der Waals surface area contributed by atoms with E-state index in [-0.39, 0.29) is 11.9 Å². The Hall–Kier alpha value is -1.42. The SMILES string of the molecule is CCC(C(=O)O)N(C)C(C)c1ccc(F)cc1. The van der Waals surface area contributed by atoms with Crippen molar-refractivity contribution in [2.45, 2.75) is 32.4 Å². The minimum absolute atomic E-state index is 0.0587. The van der Waals surface area contributed by atoms with Gasteiger partial charge in [0, 0.05) is 6.04 Å². The predicted molar refractivity (Wildman–Crippen MR) is 64.3 cm³/mol. The molecule has 0 heterocycles. The second-order valence-electron chi connectivity index (χ2n) is 4.16. The van der Waals surface area contributed by atoms with Gasteiger partial charge < -0.3 is 5.11 Å². The molecule has 0 fully saturated rings. The number of carboxylic acids is 1. The van der Waals surface area contributed by atoms with E-state index in [0.717, 1.165) is 5.56 Å². The highest BCUT2D eigenvalue weighted by Crippen LogP contribution is 2.22. The Morgan fingerprint density at radius 1 is 1.41 bits per heavy atom. The van der Waals surface area contributed by atoms with E-state index in [4.69, 9.17) is 5.11 Å². The molecule has 1 N–H and O–H groups in total. The van der Waals surface area contributed by atoms with Gasteiger partial charge in [-0.2, -0.15) is 0 Å². The van der Waals surface area contributed by atoms with Crippen molar-refractivity contribution in [3.63, 3.8) is 0 Å². The monoisotopic (exact) mass is 239 g/mol. The molecule has 94 valence electrons. The highest BCUT2D eigenvalue weighted by molar-refractivity contribution is 5.73. The summed E-state index contributed by atoms with van der Waals surface area (Å²) in [5, 5.41) is 9.08. The minimum atomic E-state index is -0.830. The zero-order chi connectivity index (χ0) is 13.0. The van der Waals surface area contributed by atoms with Gasteiger partial charge in [0.25, 0.3) is 0 Å². The van der Waals surface area contributed by atoms with Gasteiger partial charge in [-0.15, -0.1) is 0 Å². The summed E-state index contributed by atoms with van der Waals surface area (Å²) in [4.78, 5) is 12.8. The van der Waals surface area contributed by atoms with Crippen molar-refractivity contribution in [1.82, 2.24) is 4.90 Å². The lowest BCUT2D eigenvalue weighted by atomic mass is 10.0. The number of hydrogen-bond donors (Lipinski definition) is 1. The van der Waals surface area contributed by atoms with Gasteiger partial charge in [-0.1, -0.05) is 19.1 Å². The fourth-order valence-electron chi connectivity index (χ4n) is 1.88. The summed E-state index contributed by atoms with van der Waals surface area (Å²) in [6.45, 7) is 3.76. The summed E-state index contributed by atoms with van der Waals surface area (Å²) >= 11 is 0. The minimum Gasteiger partial charge on any atom is -0.480 e. The molecule has 0 saturated carbocycles. The Balaban J connectivity index is 2.84. The van der Waals surface area contributed by atoms with E-state index in [1.165, 1.54) is 12.1 Å². The lowest BCUT2D eigenvalue weighted by Gasteiger charge is -2.30. The molecule has 2 unspecified atom stereocenters. The van der Waals surface area contributed by atoms with Crippen LogP contribution >= 0.6 is 0 Å². The summed E-state index contributed by atoms with van der Waals surface area (Å²) in [5.41, 5.74) is 0.911. The van der Waals surface area contributed by atoms with Crippen molar-refractivity contribution in [2.24, 2.45) is 0 Å². The number of rotatable bonds is 5. The van der Waals surface area contributed by atoms with E-state index in [2.05, 4.69) is 0 Å². The van der Waals surface area contributed by atoms with Crippen LogP contribution < -0.4 is 0 Å². The van der Waals surface area contributed by atoms with Crippen molar-refractivity contribution in [3.8, 4) is 0 Å². The molecule has 0 spiro atoms. The van der Waals surface area contributed by atoms with Crippen LogP contribution in [0.5, 0.6) is 0 Å². The number of likely N-dealkylation sites (N-methyl/N-ethyl adjacent to an activating group) is 1. The molecule has 0 saturated heterocycles. The fourth-order valence-corrected chi connectivity index (χ4v) is 1.88. The Morgan fingerprint density at radius 3 is 2.35 bits per heavy atom. The molecule has 1 aromatic rings. The van der Waals surface area contributed by atoms with Gasteiger partial charge in [0.05, 0.1) is 0 Å². The second-order valence-corrected chi connectivity index (χ2v) is 4.16. The van der Waals surface area contributed by atoms with Crippen LogP contribution in [0.1, 0.15) is 31.9 Å². The van der Waals surface area contributed by atoms with Gasteiger partial charge in [-0.25, -0.2) is 4.39 Å². The Labute approximate surface area is 101 Å². The molecule has 17 heavy (non-hydrogen) atoms. The molecule has 3 nitrogen and oxygen atoms in total. The number of carbonyl (C=O) groups is 1. The van der Waals surface area contributed by atoms with Gasteiger partial charge in [0.2, 0.25) is 0 Å². The first-order valence-electron chi connectivity index (χ1n) is 5.67. The van der Waals surface area contributed by atoms with E-state index < -0.39 is 12.0 Å². The van der Waals surface area contributed by atoms with Gasteiger partial charge in [-0.05, 0) is 38.1 Å². The number of aliphatic carboxylic acids is 1. The highest BCUT2D eigenvalue weighted by Gasteiger charge is 2.25. The quantitative estimate of drug-likeness (QED) is 0.858. The molecule has 0 aliphatic rings. The highest BCUT2D eigenvalue weighted by atomic mass is 19.1. The van der Waals surface area contributed by atoms with E-state index in [1.54, 1.807) is 24.1 Å². The number of carboxylic acid groups (broad SMARTS) is 1. The summed E-state index contributed by atoms with van der Waals surface area (Å²) in [6, 6.07) is 5.57. The third-order valence-electron chi connectivity index (χ3n) is 3.13. The molecule has 1 rings (SSSR count). The summed E-state index contributed by atoms with van der Waals surface area (Å²) in [7, 11) is 1.77. The van der Waals surface area contributed by atoms with E-state index in [1.807, 2.05) is 13.8 Å². The van der Waals surface area contributed by atoms with Crippen LogP contribution in [0.25, 0.3) is 0 Å². The molecule has 0 bridgehead atoms. The molecule has 2 atom stereocenters. The number of benzene rings is 1. The number of hydrogen-bond acceptors (Lipinski definition) is 2. The molecule has 0 aliphatic carbocycles. The van der Waals surface area contributed by atoms with Crippen LogP contribution in [0, 0.1) is 5.82 Å². The molecule has 0 radical (unpaired) electrons. The zero-order valence-corrected chi connectivity index (χ0v) is 10.4. The average Bonchev–Trinajstić information content (AvgIpc) is 2.29. The van der Waals surface area contributed by atoms with Crippen LogP contribution in [-0.4, -0.2) is 29.1 Å². The molecule has 1 aromatic carbocycles. The van der Waals surface area contributed by atoms with Crippen LogP contribution in [-0.2, 0) is 4.79 Å². The first-order chi connectivity index (χ1) is 7.97. The van der Waals surface area contributed by atoms with Crippen molar-refractivity contribution < 1.29 is 14.3 Å². The maximum absolute atomic E-state index is 12.8. The molecular formula is C13H18FNO2. The third-order valence-corrected chi connectivity index (χ3v) is 3.13. The molecule has 0 aromatic heterocycles. The Morgan fingerprint density at radius 2 is 1.94 bits per heavy atom. The number of halogens is 1. The fraction of sp³-hybridized carbons (Fsp3) is 0.462. The van der Waals surface area contributed by atoms with Crippen molar-refractivity contribution in [1.29, 1.82) is 0 Å². The molecule has 4 heteroatoms. The van der Waals surface area contributed by atoms with Gasteiger partial charge >= 0.3 is 5.97 Å². The van der Waals surface area contributed by atoms with Crippen LogP contribution in [0.3, 0.4) is 0 Å². The number of nitrogens with zero attached hydrogens (tertiary/aromatic N) is 1. The maximum Gasteiger partial charge on any atom is 0.320 e. The smallest absolute Gasteiger partial charge is 0.320 e. The first-order valence-corrected chi connectivity index (χ1v) is 5.67. The average molecular weight is 239 g/mol. The third kappa shape index (κ3) is 3.27. The van der Waals surface area contributed by atoms with Gasteiger partial charge in [0.15, 0.2) is 0 Å². The van der Waals surface area contributed by atoms with Crippen molar-refractivity contribution in [3.05, 3.63) is 35.6 Å². The van der Waals surface area contributed by atoms with Gasteiger partial charge in [-0.3, -0.25) is 9.69 Å². The van der Waals surface area contributed by atoms with Gasteiger partial charge in [0.1, 0.15) is 11.9 Å². The first kappa shape index (κ1) is 13.6. The maximum atomic E-state index is 12.8. The van der Waals surface area contributed by atoms with Crippen LogP contribution in [0.15, 0.2) is 24.3 Å². The van der Waals surface area contributed by atoms with Crippen molar-refractivity contribution in [2.75, 3.05) is 7.05 Å². The summed E-state index contributed by atoms with van der Waals surface area (Å²) in [5.74, 6) is -1.11. The van der Waals surface area contributed by atoms with Crippen LogP contribution in [0.2, 0.25) is 0 Å². The van der Waals surface area contributed by atoms with Crippen LogP contribution in [0.4, 0.5) is 4.39 Å². The largest absolute Gasteiger partial charge is 0.480 e. The summed E-state index contributed by atoms with van der Waals surface area (Å²) < 4.78 is 12.8. The predicted octanol–water partition coefficient (Wildman–Crippen LogP) is 2.68. The molecule has 0 aliphatic heterocycles. The van der Waals surface area contributed by atoms with Crippen molar-refractivity contribution >= 4 is 5.97 Å². The normalized spacial score (nSPS) is 14.6. The second kappa shape index (κ2) is 5.77. The topological polar surface area (TPSA) is 40.5 Å². The Bertz CT molecular complexity index is 378. The Kier molecular flexibility index (Phi) is 4.63. The lowest BCUT2D eigenvalue weighted by molar-refractivity contribution is -0.143. The molecular weight excluding hydrogens is 221 g/mol. The van der Waals surface area contributed by atoms with E-state index in [0.29, 0.717) is 6.42 Å². The summed E-state index contributed by atoms with van der Waals surface area (Å²) in [6.07, 6.45) is 0.539. The standard InChI is InChI=1S/C13H18FNO2/c1-4-12(13(16)17)15(3)9(2)10-5-7-11(14)8-6-10/h5-9,12H,4H2,1-3H3,(H,16,17). The molecule has 0 amide bonds. The zero-order valence-electron chi connectivity index (χ0n) is 10.4. The van der Waals surface area contributed by atoms with E-state index in [9.17, 15) is 9.18 Å². The lowest BCUT2D eigenvalue weighted by Crippen LogP contribution is -2.39. The van der Waals surface area contributed by atoms with E-state index >= 15 is 0 Å².